The van der Waals surface area contributed by atoms with Crippen LogP contribution in [-0.4, -0.2) is 16.1 Å². The molecule has 1 heterocycles. The molecule has 4 nitrogen and oxygen atoms in total. The molecule has 26 heavy (non-hydrogen) atoms. The summed E-state index contributed by atoms with van der Waals surface area (Å²) in [5.74, 6) is -0.0679. The molecule has 3 aromatic rings. The lowest BCUT2D eigenvalue weighted by molar-refractivity contribution is -0.115. The second-order valence-corrected chi connectivity index (χ2v) is 8.73. The summed E-state index contributed by atoms with van der Waals surface area (Å²) in [7, 11) is 0. The normalized spacial score (nSPS) is 12.0. The van der Waals surface area contributed by atoms with Crippen molar-refractivity contribution in [3.05, 3.63) is 59.0 Å². The highest BCUT2D eigenvalue weighted by Gasteiger charge is 2.17. The largest absolute Gasteiger partial charge is 0.399 e. The fraction of sp³-hybridized carbons (Fsp3) is 0.200. The van der Waals surface area contributed by atoms with Crippen LogP contribution >= 0.6 is 23.1 Å². The number of benzene rings is 2. The van der Waals surface area contributed by atoms with Crippen LogP contribution in [0.4, 0.5) is 10.8 Å². The average Bonchev–Trinajstić information content (AvgIpc) is 2.96. The Balaban J connectivity index is 1.69. The lowest BCUT2D eigenvalue weighted by atomic mass is 10.1. The van der Waals surface area contributed by atoms with Crippen molar-refractivity contribution in [3.8, 4) is 11.3 Å². The summed E-state index contributed by atoms with van der Waals surface area (Å²) in [6.45, 7) is 5.96. The van der Waals surface area contributed by atoms with Crippen molar-refractivity contribution in [2.75, 3.05) is 11.1 Å². The molecule has 0 aliphatic carbocycles. The molecular weight excluding hydrogens is 362 g/mol. The van der Waals surface area contributed by atoms with Gasteiger partial charge in [-0.15, -0.1) is 23.1 Å². The summed E-state index contributed by atoms with van der Waals surface area (Å²) < 4.78 is 0. The maximum absolute atomic E-state index is 12.5. The SMILES string of the molecule is Cc1ccc(-c2nc(NC(=O)C(C)Sc3cccc(N)c3)sc2C)cc1. The zero-order valence-electron chi connectivity index (χ0n) is 14.9. The number of thiazole rings is 1. The second kappa shape index (κ2) is 7.93. The van der Waals surface area contributed by atoms with Crippen LogP contribution in [-0.2, 0) is 4.79 Å². The summed E-state index contributed by atoms with van der Waals surface area (Å²) >= 11 is 2.97. The van der Waals surface area contributed by atoms with E-state index in [9.17, 15) is 4.79 Å². The van der Waals surface area contributed by atoms with Crippen LogP contribution in [0.15, 0.2) is 53.4 Å². The van der Waals surface area contributed by atoms with Gasteiger partial charge in [0.1, 0.15) is 0 Å². The average molecular weight is 384 g/mol. The Bertz CT molecular complexity index is 919. The molecular formula is C20H21N3OS2. The van der Waals surface area contributed by atoms with Gasteiger partial charge in [0, 0.05) is 21.0 Å². The first kappa shape index (κ1) is 18.5. The number of carbonyl (C=O) groups excluding carboxylic acids is 1. The highest BCUT2D eigenvalue weighted by molar-refractivity contribution is 8.00. The summed E-state index contributed by atoms with van der Waals surface area (Å²) in [4.78, 5) is 19.2. The molecule has 0 aliphatic heterocycles. The molecule has 0 radical (unpaired) electrons. The number of carbonyl (C=O) groups is 1. The molecule has 0 spiro atoms. The van der Waals surface area contributed by atoms with E-state index in [4.69, 9.17) is 5.73 Å². The summed E-state index contributed by atoms with van der Waals surface area (Å²) in [6, 6.07) is 15.8. The summed E-state index contributed by atoms with van der Waals surface area (Å²) in [5, 5.41) is 3.32. The number of hydrogen-bond acceptors (Lipinski definition) is 5. The third-order valence-corrected chi connectivity index (χ3v) is 5.87. The van der Waals surface area contributed by atoms with E-state index < -0.39 is 0 Å². The summed E-state index contributed by atoms with van der Waals surface area (Å²) in [6.07, 6.45) is 0. The van der Waals surface area contributed by atoms with E-state index in [-0.39, 0.29) is 11.2 Å². The molecule has 0 fully saturated rings. The fourth-order valence-electron chi connectivity index (χ4n) is 2.48. The first-order valence-electron chi connectivity index (χ1n) is 8.30. The molecule has 1 atom stereocenters. The lowest BCUT2D eigenvalue weighted by Crippen LogP contribution is -2.22. The molecule has 1 unspecified atom stereocenters. The van der Waals surface area contributed by atoms with Crippen molar-refractivity contribution >= 4 is 39.8 Å². The van der Waals surface area contributed by atoms with E-state index in [1.165, 1.54) is 28.7 Å². The maximum atomic E-state index is 12.5. The van der Waals surface area contributed by atoms with E-state index in [0.29, 0.717) is 10.8 Å². The molecule has 1 aromatic heterocycles. The highest BCUT2D eigenvalue weighted by Crippen LogP contribution is 2.31. The van der Waals surface area contributed by atoms with Gasteiger partial charge in [-0.25, -0.2) is 4.98 Å². The van der Waals surface area contributed by atoms with Crippen LogP contribution in [0, 0.1) is 13.8 Å². The van der Waals surface area contributed by atoms with Crippen molar-refractivity contribution in [1.82, 2.24) is 4.98 Å². The molecule has 0 saturated carbocycles. The number of thioether (sulfide) groups is 1. The predicted octanol–water partition coefficient (Wildman–Crippen LogP) is 5.13. The monoisotopic (exact) mass is 383 g/mol. The van der Waals surface area contributed by atoms with Crippen LogP contribution in [0.3, 0.4) is 0 Å². The third kappa shape index (κ3) is 4.45. The number of aryl methyl sites for hydroxylation is 2. The zero-order valence-corrected chi connectivity index (χ0v) is 16.6. The van der Waals surface area contributed by atoms with Gasteiger partial charge in [0.05, 0.1) is 10.9 Å². The Kier molecular flexibility index (Phi) is 5.64. The highest BCUT2D eigenvalue weighted by atomic mass is 32.2. The third-order valence-electron chi connectivity index (χ3n) is 3.89. The van der Waals surface area contributed by atoms with E-state index in [1.54, 1.807) is 0 Å². The van der Waals surface area contributed by atoms with Gasteiger partial charge in [-0.1, -0.05) is 35.9 Å². The van der Waals surface area contributed by atoms with Gasteiger partial charge in [-0.2, -0.15) is 0 Å². The van der Waals surface area contributed by atoms with Gasteiger partial charge in [-0.3, -0.25) is 4.79 Å². The predicted molar refractivity (Wildman–Crippen MR) is 112 cm³/mol. The number of anilines is 2. The molecule has 0 bridgehead atoms. The van der Waals surface area contributed by atoms with Gasteiger partial charge in [-0.05, 0) is 39.0 Å². The van der Waals surface area contributed by atoms with E-state index in [1.807, 2.05) is 38.1 Å². The number of aromatic nitrogens is 1. The van der Waals surface area contributed by atoms with Crippen LogP contribution in [0.25, 0.3) is 11.3 Å². The smallest absolute Gasteiger partial charge is 0.239 e. The minimum Gasteiger partial charge on any atom is -0.399 e. The quantitative estimate of drug-likeness (QED) is 0.473. The van der Waals surface area contributed by atoms with Gasteiger partial charge in [0.25, 0.3) is 0 Å². The van der Waals surface area contributed by atoms with Crippen LogP contribution in [0.2, 0.25) is 0 Å². The number of nitrogen functional groups attached to an aromatic ring is 1. The van der Waals surface area contributed by atoms with Gasteiger partial charge >= 0.3 is 0 Å². The number of nitrogens with one attached hydrogen (secondary N) is 1. The first-order chi connectivity index (χ1) is 12.4. The zero-order chi connectivity index (χ0) is 18.7. The number of nitrogens with two attached hydrogens (primary N) is 1. The van der Waals surface area contributed by atoms with Crippen molar-refractivity contribution in [2.24, 2.45) is 0 Å². The standard InChI is InChI=1S/C20H21N3OS2/c1-12-7-9-15(10-8-12)18-13(2)26-20(22-18)23-19(24)14(3)25-17-6-4-5-16(21)11-17/h4-11,14H,21H2,1-3H3,(H,22,23,24). The minimum atomic E-state index is -0.246. The number of amides is 1. The summed E-state index contributed by atoms with van der Waals surface area (Å²) in [5.41, 5.74) is 9.68. The molecule has 134 valence electrons. The first-order valence-corrected chi connectivity index (χ1v) is 9.99. The number of rotatable bonds is 5. The van der Waals surface area contributed by atoms with Crippen LogP contribution < -0.4 is 11.1 Å². The van der Waals surface area contributed by atoms with Crippen molar-refractivity contribution in [3.63, 3.8) is 0 Å². The van der Waals surface area contributed by atoms with E-state index in [0.717, 1.165) is 21.0 Å². The van der Waals surface area contributed by atoms with Crippen molar-refractivity contribution in [2.45, 2.75) is 30.9 Å². The maximum Gasteiger partial charge on any atom is 0.239 e. The van der Waals surface area contributed by atoms with Crippen LogP contribution in [0.1, 0.15) is 17.4 Å². The Morgan fingerprint density at radius 1 is 1.19 bits per heavy atom. The Morgan fingerprint density at radius 3 is 2.62 bits per heavy atom. The molecule has 3 rings (SSSR count). The number of hydrogen-bond donors (Lipinski definition) is 2. The molecule has 2 aromatic carbocycles. The molecule has 3 N–H and O–H groups in total. The minimum absolute atomic E-state index is 0.0679. The van der Waals surface area contributed by atoms with Crippen LogP contribution in [0.5, 0.6) is 0 Å². The molecule has 6 heteroatoms. The Hall–Kier alpha value is -2.31. The topological polar surface area (TPSA) is 68.0 Å². The Labute approximate surface area is 161 Å². The molecule has 0 saturated heterocycles. The second-order valence-electron chi connectivity index (χ2n) is 6.11. The van der Waals surface area contributed by atoms with Gasteiger partial charge < -0.3 is 11.1 Å². The molecule has 1 amide bonds. The van der Waals surface area contributed by atoms with Crippen molar-refractivity contribution in [1.29, 1.82) is 0 Å². The Morgan fingerprint density at radius 2 is 1.92 bits per heavy atom. The lowest BCUT2D eigenvalue weighted by Gasteiger charge is -2.10. The fourth-order valence-corrected chi connectivity index (χ4v) is 4.26. The van der Waals surface area contributed by atoms with E-state index >= 15 is 0 Å². The molecule has 0 aliphatic rings. The number of nitrogens with zero attached hydrogens (tertiary/aromatic N) is 1. The van der Waals surface area contributed by atoms with Crippen molar-refractivity contribution < 1.29 is 4.79 Å². The van der Waals surface area contributed by atoms with E-state index in [2.05, 4.69) is 41.5 Å². The van der Waals surface area contributed by atoms with Gasteiger partial charge in [0.2, 0.25) is 5.91 Å². The van der Waals surface area contributed by atoms with Gasteiger partial charge in [0.15, 0.2) is 5.13 Å².